The highest BCUT2D eigenvalue weighted by molar-refractivity contribution is 7.98. The summed E-state index contributed by atoms with van der Waals surface area (Å²) in [5.74, 6) is 0.872. The molecule has 0 spiro atoms. The molecule has 23 heavy (non-hydrogen) atoms. The highest BCUT2D eigenvalue weighted by Gasteiger charge is 2.19. The van der Waals surface area contributed by atoms with Crippen molar-refractivity contribution in [3.63, 3.8) is 0 Å². The molecule has 2 heterocycles. The van der Waals surface area contributed by atoms with Crippen molar-refractivity contribution < 1.29 is 4.79 Å². The maximum Gasteiger partial charge on any atom is 0.271 e. The molecule has 0 aliphatic carbocycles. The highest BCUT2D eigenvalue weighted by Crippen LogP contribution is 2.15. The van der Waals surface area contributed by atoms with Crippen molar-refractivity contribution in [2.75, 3.05) is 19.3 Å². The third-order valence-electron chi connectivity index (χ3n) is 4.17. The Hall–Kier alpha value is -1.79. The fourth-order valence-corrected chi connectivity index (χ4v) is 3.11. The molecule has 1 N–H and O–H groups in total. The number of nitrogens with zero attached hydrogens (tertiary/aromatic N) is 3. The Kier molecular flexibility index (Phi) is 5.03. The van der Waals surface area contributed by atoms with Gasteiger partial charge in [-0.05, 0) is 30.5 Å². The first kappa shape index (κ1) is 16.1. The van der Waals surface area contributed by atoms with E-state index in [9.17, 15) is 4.79 Å². The van der Waals surface area contributed by atoms with E-state index in [2.05, 4.69) is 45.1 Å². The summed E-state index contributed by atoms with van der Waals surface area (Å²) in [4.78, 5) is 20.4. The zero-order valence-electron chi connectivity index (χ0n) is 13.6. The first-order chi connectivity index (χ1) is 11.2. The number of benzene rings is 1. The van der Waals surface area contributed by atoms with Gasteiger partial charge in [-0.2, -0.15) is 0 Å². The number of aromatic nitrogens is 2. The van der Waals surface area contributed by atoms with Gasteiger partial charge in [-0.3, -0.25) is 9.69 Å². The standard InChI is InChI=1S/C17H22N4OS/c1-3-20-8-9-21-11-15(19-16(21)12-20)17(22)18-10-13-4-6-14(23-2)7-5-13/h4-7,11H,3,8-10,12H2,1-2H3,(H,18,22). The second-order valence-corrected chi connectivity index (χ2v) is 6.51. The Morgan fingerprint density at radius 2 is 2.09 bits per heavy atom. The number of rotatable bonds is 5. The van der Waals surface area contributed by atoms with E-state index in [-0.39, 0.29) is 5.91 Å². The summed E-state index contributed by atoms with van der Waals surface area (Å²) in [6, 6.07) is 8.23. The Bertz CT molecular complexity index is 680. The number of amides is 1. The van der Waals surface area contributed by atoms with Crippen molar-refractivity contribution in [1.29, 1.82) is 0 Å². The first-order valence-corrected chi connectivity index (χ1v) is 9.11. The van der Waals surface area contributed by atoms with E-state index in [1.807, 2.05) is 18.3 Å². The number of fused-ring (bicyclic) bond motifs is 1. The Morgan fingerprint density at radius 3 is 2.78 bits per heavy atom. The minimum Gasteiger partial charge on any atom is -0.347 e. The maximum absolute atomic E-state index is 12.3. The van der Waals surface area contributed by atoms with Gasteiger partial charge in [0.25, 0.3) is 5.91 Å². The van der Waals surface area contributed by atoms with Crippen LogP contribution >= 0.6 is 11.8 Å². The molecule has 0 saturated heterocycles. The van der Waals surface area contributed by atoms with Gasteiger partial charge in [0.2, 0.25) is 0 Å². The van der Waals surface area contributed by atoms with Gasteiger partial charge in [0, 0.05) is 30.7 Å². The zero-order valence-corrected chi connectivity index (χ0v) is 14.4. The van der Waals surface area contributed by atoms with Crippen LogP contribution in [0, 0.1) is 0 Å². The predicted octanol–water partition coefficient (Wildman–Crippen LogP) is 2.37. The molecule has 0 saturated carbocycles. The SMILES string of the molecule is CCN1CCn2cc(C(=O)NCc3ccc(SC)cc3)nc2C1. The predicted molar refractivity (Wildman–Crippen MR) is 92.6 cm³/mol. The molecular weight excluding hydrogens is 308 g/mol. The van der Waals surface area contributed by atoms with Crippen molar-refractivity contribution in [2.24, 2.45) is 0 Å². The van der Waals surface area contributed by atoms with E-state index < -0.39 is 0 Å². The summed E-state index contributed by atoms with van der Waals surface area (Å²) in [5.41, 5.74) is 1.61. The maximum atomic E-state index is 12.3. The Morgan fingerprint density at radius 1 is 1.30 bits per heavy atom. The molecule has 1 aliphatic rings. The summed E-state index contributed by atoms with van der Waals surface area (Å²) in [6.07, 6.45) is 3.92. The Balaban J connectivity index is 1.61. The van der Waals surface area contributed by atoms with Crippen molar-refractivity contribution >= 4 is 17.7 Å². The average Bonchev–Trinajstić information content (AvgIpc) is 3.03. The summed E-state index contributed by atoms with van der Waals surface area (Å²) in [6.45, 7) is 6.42. The quantitative estimate of drug-likeness (QED) is 0.855. The summed E-state index contributed by atoms with van der Waals surface area (Å²) in [7, 11) is 0. The fraction of sp³-hybridized carbons (Fsp3) is 0.412. The van der Waals surface area contributed by atoms with Gasteiger partial charge >= 0.3 is 0 Å². The number of carbonyl (C=O) groups excluding carboxylic acids is 1. The van der Waals surface area contributed by atoms with Gasteiger partial charge in [-0.25, -0.2) is 4.98 Å². The van der Waals surface area contributed by atoms with Gasteiger partial charge in [-0.15, -0.1) is 11.8 Å². The first-order valence-electron chi connectivity index (χ1n) is 7.89. The molecule has 0 atom stereocenters. The monoisotopic (exact) mass is 330 g/mol. The molecule has 1 aromatic carbocycles. The van der Waals surface area contributed by atoms with E-state index in [1.165, 1.54) is 4.90 Å². The third kappa shape index (κ3) is 3.76. The van der Waals surface area contributed by atoms with Crippen LogP contribution in [0.1, 0.15) is 28.8 Å². The number of likely N-dealkylation sites (N-methyl/N-ethyl adjacent to an activating group) is 1. The highest BCUT2D eigenvalue weighted by atomic mass is 32.2. The van der Waals surface area contributed by atoms with Crippen LogP contribution in [0.3, 0.4) is 0 Å². The van der Waals surface area contributed by atoms with Crippen molar-refractivity contribution in [3.05, 3.63) is 47.5 Å². The van der Waals surface area contributed by atoms with Crippen LogP contribution in [-0.2, 0) is 19.6 Å². The van der Waals surface area contributed by atoms with Crippen molar-refractivity contribution in [2.45, 2.75) is 31.5 Å². The fourth-order valence-electron chi connectivity index (χ4n) is 2.70. The van der Waals surface area contributed by atoms with Crippen LogP contribution in [0.15, 0.2) is 35.4 Å². The van der Waals surface area contributed by atoms with Gasteiger partial charge in [0.15, 0.2) is 0 Å². The van der Waals surface area contributed by atoms with Gasteiger partial charge in [0.1, 0.15) is 11.5 Å². The number of nitrogens with one attached hydrogen (secondary N) is 1. The molecular formula is C17H22N4OS. The van der Waals surface area contributed by atoms with Crippen LogP contribution in [-0.4, -0.2) is 39.7 Å². The van der Waals surface area contributed by atoms with E-state index in [1.54, 1.807) is 11.8 Å². The van der Waals surface area contributed by atoms with Crippen LogP contribution in [0.5, 0.6) is 0 Å². The topological polar surface area (TPSA) is 50.2 Å². The zero-order chi connectivity index (χ0) is 16.2. The molecule has 122 valence electrons. The lowest BCUT2D eigenvalue weighted by Gasteiger charge is -2.25. The lowest BCUT2D eigenvalue weighted by molar-refractivity contribution is 0.0946. The van der Waals surface area contributed by atoms with Crippen LogP contribution in [0.2, 0.25) is 0 Å². The average molecular weight is 330 g/mol. The Labute approximate surface area is 141 Å². The summed E-state index contributed by atoms with van der Waals surface area (Å²) in [5, 5.41) is 2.95. The second kappa shape index (κ2) is 7.19. The molecule has 3 rings (SSSR count). The number of hydrogen-bond donors (Lipinski definition) is 1. The lowest BCUT2D eigenvalue weighted by Crippen LogP contribution is -2.33. The molecule has 0 radical (unpaired) electrons. The largest absolute Gasteiger partial charge is 0.347 e. The number of carbonyl (C=O) groups is 1. The smallest absolute Gasteiger partial charge is 0.271 e. The van der Waals surface area contributed by atoms with E-state index in [0.717, 1.165) is 37.6 Å². The van der Waals surface area contributed by atoms with Crippen LogP contribution < -0.4 is 5.32 Å². The van der Waals surface area contributed by atoms with E-state index in [0.29, 0.717) is 12.2 Å². The molecule has 2 aromatic rings. The van der Waals surface area contributed by atoms with E-state index in [4.69, 9.17) is 0 Å². The molecule has 0 unspecified atom stereocenters. The van der Waals surface area contributed by atoms with E-state index >= 15 is 0 Å². The summed E-state index contributed by atoms with van der Waals surface area (Å²) >= 11 is 1.71. The third-order valence-corrected chi connectivity index (χ3v) is 4.92. The second-order valence-electron chi connectivity index (χ2n) is 5.64. The normalized spacial score (nSPS) is 14.5. The lowest BCUT2D eigenvalue weighted by atomic mass is 10.2. The molecule has 6 heteroatoms. The minimum absolute atomic E-state index is 0.108. The number of thioether (sulfide) groups is 1. The number of imidazole rings is 1. The van der Waals surface area contributed by atoms with Crippen molar-refractivity contribution in [1.82, 2.24) is 19.8 Å². The minimum atomic E-state index is -0.108. The summed E-state index contributed by atoms with van der Waals surface area (Å²) < 4.78 is 2.09. The molecule has 5 nitrogen and oxygen atoms in total. The van der Waals surface area contributed by atoms with Crippen molar-refractivity contribution in [3.8, 4) is 0 Å². The van der Waals surface area contributed by atoms with Gasteiger partial charge in [-0.1, -0.05) is 19.1 Å². The van der Waals surface area contributed by atoms with Crippen LogP contribution in [0.4, 0.5) is 0 Å². The molecule has 1 aromatic heterocycles. The van der Waals surface area contributed by atoms with Gasteiger partial charge < -0.3 is 9.88 Å². The molecule has 1 aliphatic heterocycles. The molecule has 0 bridgehead atoms. The van der Waals surface area contributed by atoms with Crippen LogP contribution in [0.25, 0.3) is 0 Å². The molecule has 0 fully saturated rings. The molecule has 1 amide bonds. The number of hydrogen-bond acceptors (Lipinski definition) is 4. The van der Waals surface area contributed by atoms with Gasteiger partial charge in [0.05, 0.1) is 6.54 Å².